The molecule has 32 heavy (non-hydrogen) atoms. The van der Waals surface area contributed by atoms with E-state index in [-0.39, 0.29) is 17.9 Å². The minimum atomic E-state index is -0.925. The third-order valence-electron chi connectivity index (χ3n) is 6.65. The molecule has 1 amide bonds. The lowest BCUT2D eigenvalue weighted by Gasteiger charge is -2.47. The SMILES string of the molecule is C=C(CC(C)C)[C@H]1n2cnnc2C[C@@H](c2cccc(Cl)c2)[C@]12C(=O)Nc1cc(Cl)ccc12. The molecular formula is C25H24Cl2N4O. The summed E-state index contributed by atoms with van der Waals surface area (Å²) in [5.74, 6) is 0.967. The fourth-order valence-corrected chi connectivity index (χ4v) is 5.96. The van der Waals surface area contributed by atoms with Crippen LogP contribution < -0.4 is 5.32 Å². The lowest BCUT2D eigenvalue weighted by molar-refractivity contribution is -0.123. The smallest absolute Gasteiger partial charge is 0.238 e. The molecule has 3 atom stereocenters. The Hall–Kier alpha value is -2.63. The molecule has 0 fully saturated rings. The molecule has 0 bridgehead atoms. The van der Waals surface area contributed by atoms with Crippen LogP contribution in [0.1, 0.15) is 49.2 Å². The van der Waals surface area contributed by atoms with Crippen LogP contribution in [0, 0.1) is 5.92 Å². The van der Waals surface area contributed by atoms with E-state index in [1.807, 2.05) is 47.0 Å². The zero-order valence-electron chi connectivity index (χ0n) is 18.0. The molecule has 0 aliphatic carbocycles. The van der Waals surface area contributed by atoms with Gasteiger partial charge in [-0.2, -0.15) is 0 Å². The van der Waals surface area contributed by atoms with Gasteiger partial charge in [0.25, 0.3) is 0 Å². The summed E-state index contributed by atoms with van der Waals surface area (Å²) < 4.78 is 2.04. The lowest BCUT2D eigenvalue weighted by atomic mass is 9.59. The predicted octanol–water partition coefficient (Wildman–Crippen LogP) is 5.96. The number of anilines is 1. The number of aromatic nitrogens is 3. The summed E-state index contributed by atoms with van der Waals surface area (Å²) in [5.41, 5.74) is 2.71. The van der Waals surface area contributed by atoms with Crippen LogP contribution in [0.2, 0.25) is 10.0 Å². The van der Waals surface area contributed by atoms with Gasteiger partial charge in [-0.05, 0) is 47.7 Å². The Morgan fingerprint density at radius 2 is 2.03 bits per heavy atom. The highest BCUT2D eigenvalue weighted by atomic mass is 35.5. The fourth-order valence-electron chi connectivity index (χ4n) is 5.59. The van der Waals surface area contributed by atoms with Crippen LogP contribution >= 0.6 is 23.2 Å². The molecule has 2 aliphatic heterocycles. The highest BCUT2D eigenvalue weighted by Crippen LogP contribution is 2.59. The summed E-state index contributed by atoms with van der Waals surface area (Å²) in [4.78, 5) is 14.0. The van der Waals surface area contributed by atoms with Crippen molar-refractivity contribution in [1.82, 2.24) is 14.8 Å². The first-order chi connectivity index (χ1) is 15.3. The van der Waals surface area contributed by atoms with Crippen LogP contribution in [0.4, 0.5) is 5.69 Å². The Morgan fingerprint density at radius 1 is 1.25 bits per heavy atom. The molecule has 5 rings (SSSR count). The molecule has 3 heterocycles. The molecule has 0 radical (unpaired) electrons. The maximum atomic E-state index is 14.0. The Balaban J connectivity index is 1.83. The average Bonchev–Trinajstić information content (AvgIpc) is 3.29. The van der Waals surface area contributed by atoms with Crippen molar-refractivity contribution in [2.75, 3.05) is 5.32 Å². The number of amides is 1. The number of allylic oxidation sites excluding steroid dienone is 1. The van der Waals surface area contributed by atoms with Gasteiger partial charge in [0, 0.05) is 28.1 Å². The minimum Gasteiger partial charge on any atom is -0.325 e. The van der Waals surface area contributed by atoms with Gasteiger partial charge in [0.2, 0.25) is 5.91 Å². The van der Waals surface area contributed by atoms with Crippen molar-refractivity contribution < 1.29 is 4.79 Å². The summed E-state index contributed by atoms with van der Waals surface area (Å²) in [5, 5.41) is 12.9. The van der Waals surface area contributed by atoms with E-state index in [0.717, 1.165) is 34.6 Å². The molecule has 1 aromatic heterocycles. The van der Waals surface area contributed by atoms with E-state index in [9.17, 15) is 4.79 Å². The van der Waals surface area contributed by atoms with Crippen LogP contribution in [0.25, 0.3) is 0 Å². The number of rotatable bonds is 4. The number of nitrogens with zero attached hydrogens (tertiary/aromatic N) is 3. The Labute approximate surface area is 197 Å². The number of hydrogen-bond acceptors (Lipinski definition) is 3. The predicted molar refractivity (Wildman–Crippen MR) is 127 cm³/mol. The van der Waals surface area contributed by atoms with Gasteiger partial charge in [-0.15, -0.1) is 10.2 Å². The first-order valence-electron chi connectivity index (χ1n) is 10.7. The summed E-state index contributed by atoms with van der Waals surface area (Å²) in [6.45, 7) is 8.79. The van der Waals surface area contributed by atoms with E-state index in [2.05, 4.69) is 35.9 Å². The maximum absolute atomic E-state index is 14.0. The zero-order chi connectivity index (χ0) is 22.6. The molecule has 2 aliphatic rings. The van der Waals surface area contributed by atoms with Crippen molar-refractivity contribution >= 4 is 34.8 Å². The molecule has 7 heteroatoms. The highest BCUT2D eigenvalue weighted by Gasteiger charge is 2.61. The van der Waals surface area contributed by atoms with Gasteiger partial charge in [-0.1, -0.05) is 67.4 Å². The minimum absolute atomic E-state index is 0.0611. The third kappa shape index (κ3) is 3.10. The van der Waals surface area contributed by atoms with Gasteiger partial charge in [0.1, 0.15) is 17.6 Å². The molecule has 0 unspecified atom stereocenters. The number of halogens is 2. The van der Waals surface area contributed by atoms with Gasteiger partial charge in [0.05, 0.1) is 6.04 Å². The quantitative estimate of drug-likeness (QED) is 0.482. The molecule has 0 saturated carbocycles. The Bertz CT molecular complexity index is 1230. The van der Waals surface area contributed by atoms with Gasteiger partial charge in [-0.3, -0.25) is 4.79 Å². The van der Waals surface area contributed by atoms with Crippen molar-refractivity contribution in [2.45, 2.75) is 44.1 Å². The number of hydrogen-bond donors (Lipinski definition) is 1. The average molecular weight is 467 g/mol. The first-order valence-corrected chi connectivity index (χ1v) is 11.5. The Morgan fingerprint density at radius 3 is 2.78 bits per heavy atom. The molecule has 5 nitrogen and oxygen atoms in total. The summed E-state index contributed by atoms with van der Waals surface area (Å²) in [7, 11) is 0. The van der Waals surface area contributed by atoms with Gasteiger partial charge in [-0.25, -0.2) is 0 Å². The van der Waals surface area contributed by atoms with E-state index in [0.29, 0.717) is 22.4 Å². The van der Waals surface area contributed by atoms with Crippen molar-refractivity contribution in [1.29, 1.82) is 0 Å². The lowest BCUT2D eigenvalue weighted by Crippen LogP contribution is -2.52. The first kappa shape index (κ1) is 21.2. The maximum Gasteiger partial charge on any atom is 0.238 e. The van der Waals surface area contributed by atoms with Gasteiger partial charge >= 0.3 is 0 Å². The number of benzene rings is 2. The topological polar surface area (TPSA) is 59.8 Å². The van der Waals surface area contributed by atoms with Gasteiger partial charge < -0.3 is 9.88 Å². The zero-order valence-corrected chi connectivity index (χ0v) is 19.5. The van der Waals surface area contributed by atoms with Crippen molar-refractivity contribution in [2.24, 2.45) is 5.92 Å². The van der Waals surface area contributed by atoms with E-state index >= 15 is 0 Å². The normalized spacial score (nSPS) is 23.8. The second-order valence-corrected chi connectivity index (χ2v) is 10.0. The number of fused-ring (bicyclic) bond motifs is 3. The molecule has 0 saturated heterocycles. The van der Waals surface area contributed by atoms with Gasteiger partial charge in [0.15, 0.2) is 0 Å². The van der Waals surface area contributed by atoms with Crippen molar-refractivity contribution in [3.05, 3.63) is 87.9 Å². The van der Waals surface area contributed by atoms with Crippen LogP contribution in [-0.2, 0) is 16.6 Å². The summed E-state index contributed by atoms with van der Waals surface area (Å²) in [6.07, 6.45) is 3.06. The molecule has 1 spiro atoms. The van der Waals surface area contributed by atoms with E-state index < -0.39 is 5.41 Å². The number of nitrogens with one attached hydrogen (secondary N) is 1. The monoisotopic (exact) mass is 466 g/mol. The van der Waals surface area contributed by atoms with E-state index in [1.165, 1.54) is 0 Å². The molecule has 1 N–H and O–H groups in total. The van der Waals surface area contributed by atoms with E-state index in [4.69, 9.17) is 23.2 Å². The Kier molecular flexibility index (Phi) is 5.14. The number of carbonyl (C=O) groups is 1. The standard InChI is InChI=1S/C25H24Cl2N4O/c1-14(2)9-15(3)23-25(19-8-7-18(27)11-21(19)29-24(25)32)20(12-22-30-28-13-31(22)23)16-5-4-6-17(26)10-16/h4-8,10-11,13-14,20,23H,3,9,12H2,1-2H3,(H,29,32)/t20-,23+,25-/m0/s1. The van der Waals surface area contributed by atoms with Crippen molar-refractivity contribution in [3.8, 4) is 0 Å². The molecular weight excluding hydrogens is 443 g/mol. The molecule has 2 aromatic carbocycles. The fraction of sp³-hybridized carbons (Fsp3) is 0.320. The van der Waals surface area contributed by atoms with E-state index in [1.54, 1.807) is 6.33 Å². The van der Waals surface area contributed by atoms with Crippen LogP contribution in [0.5, 0.6) is 0 Å². The summed E-state index contributed by atoms with van der Waals surface area (Å²) >= 11 is 12.7. The second-order valence-electron chi connectivity index (χ2n) is 9.14. The van der Waals surface area contributed by atoms with Crippen LogP contribution in [0.3, 0.4) is 0 Å². The largest absolute Gasteiger partial charge is 0.325 e. The summed E-state index contributed by atoms with van der Waals surface area (Å²) in [6, 6.07) is 13.1. The molecule has 164 valence electrons. The highest BCUT2D eigenvalue weighted by molar-refractivity contribution is 6.31. The van der Waals surface area contributed by atoms with Crippen LogP contribution in [0.15, 0.2) is 60.9 Å². The van der Waals surface area contributed by atoms with Crippen molar-refractivity contribution in [3.63, 3.8) is 0 Å². The molecule has 3 aromatic rings. The number of carbonyl (C=O) groups excluding carboxylic acids is 1. The second kappa shape index (κ2) is 7.75. The van der Waals surface area contributed by atoms with Crippen LogP contribution in [-0.4, -0.2) is 20.7 Å². The third-order valence-corrected chi connectivity index (χ3v) is 7.12.